The zero-order valence-corrected chi connectivity index (χ0v) is 10.2. The monoisotopic (exact) mass is 281 g/mol. The quantitative estimate of drug-likeness (QED) is 0.937. The average molecular weight is 282 g/mol. The number of benzene rings is 1. The van der Waals surface area contributed by atoms with Crippen molar-refractivity contribution < 1.29 is 9.15 Å². The van der Waals surface area contributed by atoms with E-state index in [-0.39, 0.29) is 0 Å². The van der Waals surface area contributed by atoms with Crippen LogP contribution in [-0.4, -0.2) is 0 Å². The molecule has 2 N–H and O–H groups in total. The maximum atomic E-state index is 5.64. The SMILES string of the molecule is NCc1cc(Br)ccc1OCc1ccco1. The van der Waals surface area contributed by atoms with Gasteiger partial charge < -0.3 is 14.9 Å². The minimum atomic E-state index is 0.418. The molecule has 0 fully saturated rings. The van der Waals surface area contributed by atoms with Crippen LogP contribution in [0.4, 0.5) is 0 Å². The molecule has 0 radical (unpaired) electrons. The second-order valence-corrected chi connectivity index (χ2v) is 4.24. The van der Waals surface area contributed by atoms with E-state index >= 15 is 0 Å². The Kier molecular flexibility index (Phi) is 3.64. The van der Waals surface area contributed by atoms with Gasteiger partial charge in [0.2, 0.25) is 0 Å². The van der Waals surface area contributed by atoms with Crippen LogP contribution < -0.4 is 10.5 Å². The molecular weight excluding hydrogens is 270 g/mol. The Morgan fingerprint density at radius 1 is 1.31 bits per heavy atom. The van der Waals surface area contributed by atoms with Crippen LogP contribution in [0.1, 0.15) is 11.3 Å². The molecule has 0 aliphatic carbocycles. The summed E-state index contributed by atoms with van der Waals surface area (Å²) in [4.78, 5) is 0. The van der Waals surface area contributed by atoms with Gasteiger partial charge in [0, 0.05) is 16.6 Å². The van der Waals surface area contributed by atoms with Gasteiger partial charge in [-0.3, -0.25) is 0 Å². The van der Waals surface area contributed by atoms with Crippen LogP contribution in [0.15, 0.2) is 45.5 Å². The fourth-order valence-corrected chi connectivity index (χ4v) is 1.80. The molecule has 1 aromatic carbocycles. The van der Waals surface area contributed by atoms with Gasteiger partial charge in [-0.25, -0.2) is 0 Å². The van der Waals surface area contributed by atoms with Gasteiger partial charge in [0.15, 0.2) is 0 Å². The molecule has 2 aromatic rings. The molecule has 16 heavy (non-hydrogen) atoms. The number of hydrogen-bond acceptors (Lipinski definition) is 3. The fraction of sp³-hybridized carbons (Fsp3) is 0.167. The van der Waals surface area contributed by atoms with Crippen molar-refractivity contribution in [1.82, 2.24) is 0 Å². The Bertz CT molecular complexity index is 454. The van der Waals surface area contributed by atoms with E-state index < -0.39 is 0 Å². The van der Waals surface area contributed by atoms with E-state index in [1.165, 1.54) is 0 Å². The highest BCUT2D eigenvalue weighted by atomic mass is 79.9. The molecule has 4 heteroatoms. The highest BCUT2D eigenvalue weighted by Crippen LogP contribution is 2.23. The first-order chi connectivity index (χ1) is 7.79. The molecule has 0 saturated carbocycles. The van der Waals surface area contributed by atoms with Crippen LogP contribution in [0.25, 0.3) is 0 Å². The van der Waals surface area contributed by atoms with Crippen LogP contribution in [-0.2, 0) is 13.2 Å². The third-order valence-corrected chi connectivity index (χ3v) is 2.69. The van der Waals surface area contributed by atoms with Crippen molar-refractivity contribution in [1.29, 1.82) is 0 Å². The molecule has 0 bridgehead atoms. The first-order valence-electron chi connectivity index (χ1n) is 4.93. The number of nitrogens with two attached hydrogens (primary N) is 1. The summed E-state index contributed by atoms with van der Waals surface area (Å²) in [7, 11) is 0. The molecule has 0 aliphatic heterocycles. The Balaban J connectivity index is 2.09. The van der Waals surface area contributed by atoms with Gasteiger partial charge in [0.05, 0.1) is 6.26 Å². The highest BCUT2D eigenvalue weighted by Gasteiger charge is 2.04. The molecule has 84 valence electrons. The van der Waals surface area contributed by atoms with E-state index in [4.69, 9.17) is 14.9 Å². The molecule has 0 aliphatic rings. The molecule has 2 rings (SSSR count). The zero-order chi connectivity index (χ0) is 11.4. The average Bonchev–Trinajstić information content (AvgIpc) is 2.80. The molecule has 0 atom stereocenters. The molecule has 1 aromatic heterocycles. The van der Waals surface area contributed by atoms with Crippen molar-refractivity contribution in [2.24, 2.45) is 5.73 Å². The molecule has 3 nitrogen and oxygen atoms in total. The van der Waals surface area contributed by atoms with Crippen LogP contribution in [0.3, 0.4) is 0 Å². The number of hydrogen-bond donors (Lipinski definition) is 1. The summed E-state index contributed by atoms with van der Waals surface area (Å²) < 4.78 is 11.8. The largest absolute Gasteiger partial charge is 0.485 e. The topological polar surface area (TPSA) is 48.4 Å². The first kappa shape index (κ1) is 11.2. The Hall–Kier alpha value is -1.26. The maximum absolute atomic E-state index is 5.64. The van der Waals surface area contributed by atoms with Gasteiger partial charge in [0.1, 0.15) is 18.1 Å². The third kappa shape index (κ3) is 2.65. The summed E-state index contributed by atoms with van der Waals surface area (Å²) in [6.07, 6.45) is 1.63. The van der Waals surface area contributed by atoms with Crippen molar-refractivity contribution in [3.05, 3.63) is 52.4 Å². The lowest BCUT2D eigenvalue weighted by Gasteiger charge is -2.09. The van der Waals surface area contributed by atoms with E-state index in [9.17, 15) is 0 Å². The lowest BCUT2D eigenvalue weighted by molar-refractivity contribution is 0.268. The maximum Gasteiger partial charge on any atom is 0.146 e. The molecule has 0 spiro atoms. The fourth-order valence-electron chi connectivity index (χ4n) is 1.39. The molecular formula is C12H12BrNO2. The van der Waals surface area contributed by atoms with Gasteiger partial charge in [-0.15, -0.1) is 0 Å². The van der Waals surface area contributed by atoms with E-state index in [2.05, 4.69) is 15.9 Å². The van der Waals surface area contributed by atoms with Gasteiger partial charge in [-0.1, -0.05) is 15.9 Å². The third-order valence-electron chi connectivity index (χ3n) is 2.19. The summed E-state index contributed by atoms with van der Waals surface area (Å²) in [6.45, 7) is 0.870. The van der Waals surface area contributed by atoms with Crippen molar-refractivity contribution in [3.63, 3.8) is 0 Å². The van der Waals surface area contributed by atoms with Gasteiger partial charge in [0.25, 0.3) is 0 Å². The zero-order valence-electron chi connectivity index (χ0n) is 8.65. The first-order valence-corrected chi connectivity index (χ1v) is 5.72. The number of rotatable bonds is 4. The van der Waals surface area contributed by atoms with E-state index in [0.29, 0.717) is 13.2 Å². The predicted octanol–water partition coefficient (Wildman–Crippen LogP) is 3.08. The van der Waals surface area contributed by atoms with Gasteiger partial charge >= 0.3 is 0 Å². The minimum absolute atomic E-state index is 0.418. The summed E-state index contributed by atoms with van der Waals surface area (Å²) in [5.41, 5.74) is 6.62. The van der Waals surface area contributed by atoms with Crippen LogP contribution in [0.5, 0.6) is 5.75 Å². The summed E-state index contributed by atoms with van der Waals surface area (Å²) in [6, 6.07) is 9.49. The summed E-state index contributed by atoms with van der Waals surface area (Å²) in [5.74, 6) is 1.59. The Morgan fingerprint density at radius 3 is 2.88 bits per heavy atom. The second-order valence-electron chi connectivity index (χ2n) is 3.32. The van der Waals surface area contributed by atoms with Gasteiger partial charge in [-0.2, -0.15) is 0 Å². The molecule has 0 amide bonds. The van der Waals surface area contributed by atoms with Crippen LogP contribution in [0, 0.1) is 0 Å². The number of ether oxygens (including phenoxy) is 1. The van der Waals surface area contributed by atoms with Crippen molar-refractivity contribution in [2.75, 3.05) is 0 Å². The highest BCUT2D eigenvalue weighted by molar-refractivity contribution is 9.10. The van der Waals surface area contributed by atoms with E-state index in [1.807, 2.05) is 30.3 Å². The van der Waals surface area contributed by atoms with Crippen molar-refractivity contribution >= 4 is 15.9 Å². The smallest absolute Gasteiger partial charge is 0.146 e. The predicted molar refractivity (Wildman–Crippen MR) is 65.1 cm³/mol. The summed E-state index contributed by atoms with van der Waals surface area (Å²) in [5, 5.41) is 0. The Morgan fingerprint density at radius 2 is 2.19 bits per heavy atom. The second kappa shape index (κ2) is 5.18. The number of halogens is 1. The Labute approximate surface area is 102 Å². The standard InChI is InChI=1S/C12H12BrNO2/c13-10-3-4-12(9(6-10)7-14)16-8-11-2-1-5-15-11/h1-6H,7-8,14H2. The molecule has 1 heterocycles. The minimum Gasteiger partial charge on any atom is -0.485 e. The molecule has 0 saturated heterocycles. The molecule has 0 unspecified atom stereocenters. The normalized spacial score (nSPS) is 10.4. The lowest BCUT2D eigenvalue weighted by Crippen LogP contribution is -2.02. The van der Waals surface area contributed by atoms with Crippen molar-refractivity contribution in [3.8, 4) is 5.75 Å². The summed E-state index contributed by atoms with van der Waals surface area (Å²) >= 11 is 3.40. The van der Waals surface area contributed by atoms with Gasteiger partial charge in [-0.05, 0) is 30.3 Å². The van der Waals surface area contributed by atoms with Crippen LogP contribution in [0.2, 0.25) is 0 Å². The number of furan rings is 1. The lowest BCUT2D eigenvalue weighted by atomic mass is 10.2. The van der Waals surface area contributed by atoms with Crippen molar-refractivity contribution in [2.45, 2.75) is 13.2 Å². The van der Waals surface area contributed by atoms with E-state index in [0.717, 1.165) is 21.5 Å². The van der Waals surface area contributed by atoms with Crippen LogP contribution >= 0.6 is 15.9 Å². The van der Waals surface area contributed by atoms with E-state index in [1.54, 1.807) is 6.26 Å².